The van der Waals surface area contributed by atoms with Crippen molar-refractivity contribution in [3.8, 4) is 0 Å². The van der Waals surface area contributed by atoms with E-state index >= 15 is 0 Å². The van der Waals surface area contributed by atoms with Crippen molar-refractivity contribution in [2.45, 2.75) is 31.8 Å². The Morgan fingerprint density at radius 3 is 3.00 bits per heavy atom. The third kappa shape index (κ3) is 2.49. The van der Waals surface area contributed by atoms with Crippen LogP contribution < -0.4 is 11.1 Å². The molecule has 1 aliphatic carbocycles. The van der Waals surface area contributed by atoms with E-state index in [0.29, 0.717) is 18.4 Å². The first kappa shape index (κ1) is 12.2. The van der Waals surface area contributed by atoms with Crippen molar-refractivity contribution >= 4 is 16.8 Å². The number of amides is 1. The number of nitrogens with one attached hydrogen (secondary N) is 2. The van der Waals surface area contributed by atoms with Crippen molar-refractivity contribution in [1.29, 1.82) is 0 Å². The van der Waals surface area contributed by atoms with Gasteiger partial charge in [-0.15, -0.1) is 0 Å². The highest BCUT2D eigenvalue weighted by Gasteiger charge is 2.34. The number of hydrogen-bond acceptors (Lipinski definition) is 2. The van der Waals surface area contributed by atoms with Gasteiger partial charge >= 0.3 is 0 Å². The van der Waals surface area contributed by atoms with E-state index in [1.54, 1.807) is 0 Å². The zero-order valence-electron chi connectivity index (χ0n) is 11.0. The third-order valence-corrected chi connectivity index (χ3v) is 3.89. The molecule has 0 aliphatic heterocycles. The van der Waals surface area contributed by atoms with Crippen LogP contribution in [0.5, 0.6) is 0 Å². The van der Waals surface area contributed by atoms with Crippen molar-refractivity contribution in [1.82, 2.24) is 10.3 Å². The molecule has 100 valence electrons. The van der Waals surface area contributed by atoms with Crippen molar-refractivity contribution in [2.24, 2.45) is 11.7 Å². The van der Waals surface area contributed by atoms with Crippen LogP contribution in [0.3, 0.4) is 0 Å². The molecule has 1 aliphatic rings. The molecule has 1 fully saturated rings. The Bertz CT molecular complexity index is 604. The topological polar surface area (TPSA) is 70.9 Å². The fourth-order valence-corrected chi connectivity index (χ4v) is 2.44. The molecule has 4 heteroatoms. The van der Waals surface area contributed by atoms with Gasteiger partial charge in [0.25, 0.3) is 0 Å². The van der Waals surface area contributed by atoms with Crippen molar-refractivity contribution in [3.05, 3.63) is 36.0 Å². The maximum Gasteiger partial charge on any atom is 0.237 e. The normalized spacial score (nSPS) is 23.3. The average Bonchev–Trinajstić information content (AvgIpc) is 2.95. The Balaban J connectivity index is 1.68. The number of carbonyl (C=O) groups is 1. The van der Waals surface area contributed by atoms with Crippen LogP contribution in [0.25, 0.3) is 10.9 Å². The van der Waals surface area contributed by atoms with Crippen molar-refractivity contribution < 1.29 is 4.79 Å². The van der Waals surface area contributed by atoms with Crippen LogP contribution in [0, 0.1) is 5.92 Å². The van der Waals surface area contributed by atoms with Gasteiger partial charge in [-0.1, -0.05) is 25.1 Å². The Morgan fingerprint density at radius 2 is 2.26 bits per heavy atom. The maximum atomic E-state index is 12.0. The fourth-order valence-electron chi connectivity index (χ4n) is 2.44. The largest absolute Gasteiger partial charge is 0.361 e. The highest BCUT2D eigenvalue weighted by atomic mass is 16.2. The number of hydrogen-bond donors (Lipinski definition) is 3. The van der Waals surface area contributed by atoms with E-state index < -0.39 is 6.04 Å². The maximum absolute atomic E-state index is 12.0. The number of rotatable bonds is 4. The summed E-state index contributed by atoms with van der Waals surface area (Å²) < 4.78 is 0. The van der Waals surface area contributed by atoms with Gasteiger partial charge in [-0.05, 0) is 30.4 Å². The van der Waals surface area contributed by atoms with E-state index in [-0.39, 0.29) is 5.91 Å². The molecule has 19 heavy (non-hydrogen) atoms. The summed E-state index contributed by atoms with van der Waals surface area (Å²) in [5.74, 6) is 0.559. The number of carbonyl (C=O) groups excluding carboxylic acids is 1. The summed E-state index contributed by atoms with van der Waals surface area (Å²) in [4.78, 5) is 15.2. The molecule has 0 radical (unpaired) electrons. The molecule has 3 atom stereocenters. The van der Waals surface area contributed by atoms with E-state index in [9.17, 15) is 4.79 Å². The van der Waals surface area contributed by atoms with Crippen LogP contribution >= 0.6 is 0 Å². The smallest absolute Gasteiger partial charge is 0.237 e. The lowest BCUT2D eigenvalue weighted by Crippen LogP contribution is -2.43. The first-order valence-corrected chi connectivity index (χ1v) is 6.76. The summed E-state index contributed by atoms with van der Waals surface area (Å²) in [6.45, 7) is 2.14. The van der Waals surface area contributed by atoms with Crippen LogP contribution in [-0.2, 0) is 11.2 Å². The predicted molar refractivity (Wildman–Crippen MR) is 75.7 cm³/mol. The quantitative estimate of drug-likeness (QED) is 0.778. The number of para-hydroxylation sites is 1. The zero-order chi connectivity index (χ0) is 13.4. The van der Waals surface area contributed by atoms with Gasteiger partial charge in [0.05, 0.1) is 6.04 Å². The van der Waals surface area contributed by atoms with Crippen LogP contribution in [-0.4, -0.2) is 23.0 Å². The van der Waals surface area contributed by atoms with E-state index in [0.717, 1.165) is 22.9 Å². The minimum atomic E-state index is -0.480. The summed E-state index contributed by atoms with van der Waals surface area (Å²) in [5.41, 5.74) is 8.18. The standard InChI is InChI=1S/C15H19N3O/c1-9-6-14(9)18-15(19)12(16)7-10-8-17-13-5-3-2-4-11(10)13/h2-5,8-9,12,14,17H,6-7,16H2,1H3,(H,18,19)/t9?,12-,14?/m0/s1. The zero-order valence-corrected chi connectivity index (χ0v) is 11.0. The van der Waals surface area contributed by atoms with E-state index in [1.807, 2.05) is 24.4 Å². The molecular weight excluding hydrogens is 238 g/mol. The molecule has 1 saturated carbocycles. The second-order valence-corrected chi connectivity index (χ2v) is 5.50. The first-order valence-electron chi connectivity index (χ1n) is 6.76. The molecule has 1 amide bonds. The summed E-state index contributed by atoms with van der Waals surface area (Å²) in [6.07, 6.45) is 3.58. The molecule has 2 unspecified atom stereocenters. The predicted octanol–water partition coefficient (Wildman–Crippen LogP) is 1.56. The van der Waals surface area contributed by atoms with Crippen LogP contribution in [0.2, 0.25) is 0 Å². The molecule has 1 aromatic carbocycles. The number of fused-ring (bicyclic) bond motifs is 1. The Morgan fingerprint density at radius 1 is 1.53 bits per heavy atom. The highest BCUT2D eigenvalue weighted by Crippen LogP contribution is 2.29. The molecule has 3 rings (SSSR count). The van der Waals surface area contributed by atoms with Gasteiger partial charge in [0.2, 0.25) is 5.91 Å². The number of nitrogens with two attached hydrogens (primary N) is 1. The van der Waals surface area contributed by atoms with Gasteiger partial charge in [-0.25, -0.2) is 0 Å². The molecule has 1 aromatic heterocycles. The molecule has 0 bridgehead atoms. The van der Waals surface area contributed by atoms with Crippen molar-refractivity contribution in [2.75, 3.05) is 0 Å². The Hall–Kier alpha value is -1.81. The van der Waals surface area contributed by atoms with Gasteiger partial charge < -0.3 is 16.0 Å². The van der Waals surface area contributed by atoms with Gasteiger partial charge in [0.15, 0.2) is 0 Å². The Labute approximate surface area is 112 Å². The first-order chi connectivity index (χ1) is 9.15. The second kappa shape index (κ2) is 4.70. The van der Waals surface area contributed by atoms with Gasteiger partial charge in [-0.2, -0.15) is 0 Å². The summed E-state index contributed by atoms with van der Waals surface area (Å²) in [6, 6.07) is 7.92. The number of aromatic amines is 1. The van der Waals surface area contributed by atoms with Crippen LogP contribution in [0.4, 0.5) is 0 Å². The van der Waals surface area contributed by atoms with Crippen molar-refractivity contribution in [3.63, 3.8) is 0 Å². The Kier molecular flexibility index (Phi) is 3.03. The summed E-state index contributed by atoms with van der Waals surface area (Å²) in [5, 5.41) is 4.13. The number of aromatic nitrogens is 1. The lowest BCUT2D eigenvalue weighted by Gasteiger charge is -2.11. The minimum absolute atomic E-state index is 0.0420. The molecule has 4 N–H and O–H groups in total. The van der Waals surface area contributed by atoms with Crippen LogP contribution in [0.1, 0.15) is 18.9 Å². The lowest BCUT2D eigenvalue weighted by molar-refractivity contribution is -0.122. The average molecular weight is 257 g/mol. The number of H-pyrrole nitrogens is 1. The SMILES string of the molecule is CC1CC1NC(=O)[C@@H](N)Cc1c[nH]c2ccccc12. The second-order valence-electron chi connectivity index (χ2n) is 5.50. The fraction of sp³-hybridized carbons (Fsp3) is 0.400. The molecule has 4 nitrogen and oxygen atoms in total. The molecule has 0 spiro atoms. The third-order valence-electron chi connectivity index (χ3n) is 3.89. The monoisotopic (exact) mass is 257 g/mol. The van der Waals surface area contributed by atoms with Gasteiger partial charge in [-0.3, -0.25) is 4.79 Å². The molecule has 2 aromatic rings. The highest BCUT2D eigenvalue weighted by molar-refractivity contribution is 5.86. The molecular formula is C15H19N3O. The molecule has 1 heterocycles. The van der Waals surface area contributed by atoms with E-state index in [4.69, 9.17) is 5.73 Å². The van der Waals surface area contributed by atoms with Crippen LogP contribution in [0.15, 0.2) is 30.5 Å². The minimum Gasteiger partial charge on any atom is -0.361 e. The summed E-state index contributed by atoms with van der Waals surface area (Å²) >= 11 is 0. The molecule has 0 saturated heterocycles. The summed E-state index contributed by atoms with van der Waals surface area (Å²) in [7, 11) is 0. The van der Waals surface area contributed by atoms with E-state index in [2.05, 4.69) is 23.3 Å². The number of benzene rings is 1. The lowest BCUT2D eigenvalue weighted by atomic mass is 10.1. The van der Waals surface area contributed by atoms with E-state index in [1.165, 1.54) is 0 Å². The van der Waals surface area contributed by atoms with Gasteiger partial charge in [0, 0.05) is 23.1 Å². The van der Waals surface area contributed by atoms with Gasteiger partial charge in [0.1, 0.15) is 0 Å².